The van der Waals surface area contributed by atoms with E-state index in [1.54, 1.807) is 54.3 Å². The first kappa shape index (κ1) is 21.8. The zero-order valence-corrected chi connectivity index (χ0v) is 18.3. The van der Waals surface area contributed by atoms with E-state index in [9.17, 15) is 18.0 Å². The van der Waals surface area contributed by atoms with Gasteiger partial charge in [-0.1, -0.05) is 30.3 Å². The summed E-state index contributed by atoms with van der Waals surface area (Å²) in [6.07, 6.45) is 0.431. The Morgan fingerprint density at radius 2 is 1.84 bits per heavy atom. The number of rotatable bonds is 7. The number of hydrogen-bond donors (Lipinski definition) is 1. The fourth-order valence-corrected chi connectivity index (χ4v) is 5.40. The molecule has 32 heavy (non-hydrogen) atoms. The molecule has 0 aliphatic carbocycles. The van der Waals surface area contributed by atoms with Crippen LogP contribution < -0.4 is 10.1 Å². The Hall–Kier alpha value is -3.46. The molecular weight excluding hydrogens is 430 g/mol. The van der Waals surface area contributed by atoms with Gasteiger partial charge in [-0.2, -0.15) is 5.10 Å². The highest BCUT2D eigenvalue weighted by Crippen LogP contribution is 2.31. The summed E-state index contributed by atoms with van der Waals surface area (Å²) in [5, 5.41) is 7.04. The number of amides is 1. The fourth-order valence-electron chi connectivity index (χ4n) is 3.71. The molecule has 0 spiro atoms. The molecule has 1 atom stereocenters. The van der Waals surface area contributed by atoms with E-state index in [-0.39, 0.29) is 35.6 Å². The van der Waals surface area contributed by atoms with Crippen LogP contribution in [-0.2, 0) is 9.84 Å². The molecule has 166 valence electrons. The summed E-state index contributed by atoms with van der Waals surface area (Å²) in [7, 11) is -1.57. The largest absolute Gasteiger partial charge is 0.497 e. The van der Waals surface area contributed by atoms with Crippen molar-refractivity contribution in [2.75, 3.05) is 25.2 Å². The van der Waals surface area contributed by atoms with Gasteiger partial charge in [-0.15, -0.1) is 0 Å². The summed E-state index contributed by atoms with van der Waals surface area (Å²) in [5.74, 6) is 0.0397. The molecule has 0 radical (unpaired) electrons. The van der Waals surface area contributed by atoms with Gasteiger partial charge >= 0.3 is 0 Å². The van der Waals surface area contributed by atoms with Crippen LogP contribution in [0.25, 0.3) is 11.3 Å². The van der Waals surface area contributed by atoms with Gasteiger partial charge in [0.25, 0.3) is 5.91 Å². The predicted molar refractivity (Wildman–Crippen MR) is 120 cm³/mol. The van der Waals surface area contributed by atoms with Crippen molar-refractivity contribution >= 4 is 21.5 Å². The number of aromatic nitrogens is 2. The number of benzene rings is 2. The van der Waals surface area contributed by atoms with Crippen LogP contribution in [-0.4, -0.2) is 55.0 Å². The van der Waals surface area contributed by atoms with Gasteiger partial charge < -0.3 is 10.1 Å². The molecule has 1 N–H and O–H groups in total. The third-order valence-electron chi connectivity index (χ3n) is 5.41. The number of methoxy groups -OCH3 is 1. The van der Waals surface area contributed by atoms with Crippen LogP contribution in [0.5, 0.6) is 5.75 Å². The van der Waals surface area contributed by atoms with Gasteiger partial charge in [0.2, 0.25) is 0 Å². The first-order valence-electron chi connectivity index (χ1n) is 10.2. The quantitative estimate of drug-likeness (QED) is 0.551. The number of sulfone groups is 1. The lowest BCUT2D eigenvalue weighted by Gasteiger charge is -2.13. The van der Waals surface area contributed by atoms with Crippen LogP contribution in [0.2, 0.25) is 0 Å². The van der Waals surface area contributed by atoms with Gasteiger partial charge in [-0.25, -0.2) is 8.42 Å². The molecule has 1 fully saturated rings. The smallest absolute Gasteiger partial charge is 0.272 e. The monoisotopic (exact) mass is 453 g/mol. The Morgan fingerprint density at radius 1 is 1.12 bits per heavy atom. The Morgan fingerprint density at radius 3 is 2.47 bits per heavy atom. The van der Waals surface area contributed by atoms with Gasteiger partial charge in [0.05, 0.1) is 36.9 Å². The maximum Gasteiger partial charge on any atom is 0.272 e. The molecule has 1 aliphatic heterocycles. The Balaban J connectivity index is 1.59. The van der Waals surface area contributed by atoms with Gasteiger partial charge in [0.1, 0.15) is 5.75 Å². The van der Waals surface area contributed by atoms with Crippen LogP contribution in [0.4, 0.5) is 0 Å². The molecule has 0 unspecified atom stereocenters. The molecule has 2 aromatic carbocycles. The van der Waals surface area contributed by atoms with Crippen molar-refractivity contribution in [1.29, 1.82) is 0 Å². The maximum atomic E-state index is 12.7. The second kappa shape index (κ2) is 8.96. The summed E-state index contributed by atoms with van der Waals surface area (Å²) in [4.78, 5) is 25.0. The topological polar surface area (TPSA) is 107 Å². The number of carbonyl (C=O) groups is 2. The van der Waals surface area contributed by atoms with Crippen molar-refractivity contribution in [3.8, 4) is 17.0 Å². The summed E-state index contributed by atoms with van der Waals surface area (Å²) >= 11 is 0. The predicted octanol–water partition coefficient (Wildman–Crippen LogP) is 2.53. The normalized spacial score (nSPS) is 17.1. The fraction of sp³-hybridized carbons (Fsp3) is 0.261. The second-order valence-corrected chi connectivity index (χ2v) is 9.85. The van der Waals surface area contributed by atoms with Crippen LogP contribution in [0.15, 0.2) is 60.7 Å². The van der Waals surface area contributed by atoms with Crippen molar-refractivity contribution < 1.29 is 22.7 Å². The summed E-state index contributed by atoms with van der Waals surface area (Å²) < 4.78 is 30.9. The summed E-state index contributed by atoms with van der Waals surface area (Å²) in [6.45, 7) is -0.161. The third-order valence-corrected chi connectivity index (χ3v) is 7.16. The van der Waals surface area contributed by atoms with Crippen LogP contribution >= 0.6 is 0 Å². The molecule has 1 saturated heterocycles. The molecule has 9 heteroatoms. The SMILES string of the molecule is COc1ccc(-c2cc(C(=O)NCC(=O)c3ccccc3)nn2[C@@H]2CCS(=O)(=O)C2)cc1. The van der Waals surface area contributed by atoms with Gasteiger partial charge in [-0.3, -0.25) is 14.3 Å². The molecule has 0 bridgehead atoms. The average Bonchev–Trinajstić information content (AvgIpc) is 3.41. The lowest BCUT2D eigenvalue weighted by molar-refractivity contribution is 0.0900. The standard InChI is InChI=1S/C23H23N3O5S/c1-31-19-9-7-16(8-10-19)21-13-20(25-26(21)18-11-12-32(29,30)15-18)23(28)24-14-22(27)17-5-3-2-4-6-17/h2-10,13,18H,11-12,14-15H2,1H3,(H,24,28)/t18-/m1/s1. The minimum Gasteiger partial charge on any atom is -0.497 e. The van der Waals surface area contributed by atoms with E-state index in [0.717, 1.165) is 5.56 Å². The van der Waals surface area contributed by atoms with Crippen molar-refractivity contribution in [2.24, 2.45) is 0 Å². The van der Waals surface area contributed by atoms with E-state index in [1.807, 2.05) is 18.2 Å². The first-order chi connectivity index (χ1) is 15.4. The molecule has 0 saturated carbocycles. The molecule has 1 aromatic heterocycles. The summed E-state index contributed by atoms with van der Waals surface area (Å²) in [5.41, 5.74) is 2.05. The summed E-state index contributed by atoms with van der Waals surface area (Å²) in [6, 6.07) is 17.2. The number of carbonyl (C=O) groups excluding carboxylic acids is 2. The van der Waals surface area contributed by atoms with E-state index in [1.165, 1.54) is 0 Å². The number of hydrogen-bond acceptors (Lipinski definition) is 6. The van der Waals surface area contributed by atoms with Gasteiger partial charge in [0.15, 0.2) is 21.3 Å². The minimum absolute atomic E-state index is 0.0224. The molecular formula is C23H23N3O5S. The number of nitrogens with zero attached hydrogens (tertiary/aromatic N) is 2. The second-order valence-electron chi connectivity index (χ2n) is 7.62. The van der Waals surface area contributed by atoms with E-state index in [0.29, 0.717) is 23.4 Å². The van der Waals surface area contributed by atoms with Crippen LogP contribution in [0.3, 0.4) is 0 Å². The van der Waals surface area contributed by atoms with Crippen molar-refractivity contribution in [3.05, 3.63) is 71.9 Å². The minimum atomic E-state index is -3.14. The lowest BCUT2D eigenvalue weighted by Crippen LogP contribution is -2.30. The maximum absolute atomic E-state index is 12.7. The van der Waals surface area contributed by atoms with Crippen molar-refractivity contribution in [1.82, 2.24) is 15.1 Å². The molecule has 8 nitrogen and oxygen atoms in total. The van der Waals surface area contributed by atoms with Crippen molar-refractivity contribution in [3.63, 3.8) is 0 Å². The lowest BCUT2D eigenvalue weighted by atomic mass is 10.1. The van der Waals surface area contributed by atoms with E-state index >= 15 is 0 Å². The van der Waals surface area contributed by atoms with Crippen LogP contribution in [0, 0.1) is 0 Å². The van der Waals surface area contributed by atoms with E-state index in [2.05, 4.69) is 10.4 Å². The third kappa shape index (κ3) is 4.72. The molecule has 3 aromatic rings. The molecule has 4 rings (SSSR count). The van der Waals surface area contributed by atoms with Gasteiger partial charge in [0, 0.05) is 11.1 Å². The zero-order chi connectivity index (χ0) is 22.7. The average molecular weight is 454 g/mol. The highest BCUT2D eigenvalue weighted by Gasteiger charge is 2.32. The molecule has 1 aliphatic rings. The van der Waals surface area contributed by atoms with Crippen LogP contribution in [0.1, 0.15) is 33.3 Å². The number of ketones is 1. The molecule has 2 heterocycles. The Labute approximate surface area is 186 Å². The Bertz CT molecular complexity index is 1230. The van der Waals surface area contributed by atoms with E-state index in [4.69, 9.17) is 4.74 Å². The van der Waals surface area contributed by atoms with Crippen molar-refractivity contribution in [2.45, 2.75) is 12.5 Å². The van der Waals surface area contributed by atoms with E-state index < -0.39 is 15.7 Å². The van der Waals surface area contributed by atoms with Gasteiger partial charge in [-0.05, 0) is 36.8 Å². The number of nitrogens with one attached hydrogen (secondary N) is 1. The highest BCUT2D eigenvalue weighted by molar-refractivity contribution is 7.91. The highest BCUT2D eigenvalue weighted by atomic mass is 32.2. The first-order valence-corrected chi connectivity index (χ1v) is 12.0. The number of Topliss-reactive ketones (excluding diaryl/α,β-unsaturated/α-hetero) is 1. The Kier molecular flexibility index (Phi) is 6.09. The number of ether oxygens (including phenoxy) is 1. The zero-order valence-electron chi connectivity index (χ0n) is 17.5. The molecule has 1 amide bonds.